The van der Waals surface area contributed by atoms with Crippen LogP contribution in [0.3, 0.4) is 0 Å². The van der Waals surface area contributed by atoms with Gasteiger partial charge in [-0.2, -0.15) is 4.98 Å². The van der Waals surface area contributed by atoms with E-state index in [2.05, 4.69) is 9.97 Å². The van der Waals surface area contributed by atoms with Gasteiger partial charge in [0.25, 0.3) is 0 Å². The summed E-state index contributed by atoms with van der Waals surface area (Å²) in [5, 5.41) is 0.832. The van der Waals surface area contributed by atoms with Crippen molar-refractivity contribution in [1.82, 2.24) is 9.97 Å². The van der Waals surface area contributed by atoms with Gasteiger partial charge in [-0.15, -0.1) is 0 Å². The number of hydrogen-bond acceptors (Lipinski definition) is 3. The van der Waals surface area contributed by atoms with E-state index in [1.165, 1.54) is 6.92 Å². The monoisotopic (exact) mass is 190 g/mol. The molecule has 0 aliphatic heterocycles. The molecule has 4 heteroatoms. The van der Waals surface area contributed by atoms with Crippen molar-refractivity contribution >= 4 is 16.8 Å². The largest absolute Gasteiger partial charge is 0.481 e. The van der Waals surface area contributed by atoms with Crippen LogP contribution in [-0.2, 0) is 0 Å². The minimum atomic E-state index is 0.0308. The number of rotatable bonds is 2. The van der Waals surface area contributed by atoms with E-state index in [4.69, 9.17) is 4.74 Å². The number of ether oxygens (including phenoxy) is 1. The molecular formula is C10H10N2O2. The standard InChI is InChI=1S/C10H10N2O2/c1-6(13)8-5-11-10-7(8)3-4-9(12-10)14-2/h3-5H,1-2H3,(H,11,12). The Balaban J connectivity index is 2.65. The Hall–Kier alpha value is -1.84. The Labute approximate surface area is 80.9 Å². The lowest BCUT2D eigenvalue weighted by atomic mass is 10.1. The van der Waals surface area contributed by atoms with Crippen LogP contribution < -0.4 is 4.74 Å². The Bertz CT molecular complexity index is 488. The highest BCUT2D eigenvalue weighted by atomic mass is 16.5. The molecule has 0 bridgehead atoms. The molecule has 2 aromatic rings. The minimum Gasteiger partial charge on any atom is -0.481 e. The van der Waals surface area contributed by atoms with Gasteiger partial charge in [0.2, 0.25) is 5.88 Å². The molecule has 4 nitrogen and oxygen atoms in total. The number of ketones is 1. The van der Waals surface area contributed by atoms with E-state index in [0.717, 1.165) is 5.39 Å². The zero-order valence-corrected chi connectivity index (χ0v) is 8.00. The molecule has 0 aliphatic rings. The van der Waals surface area contributed by atoms with Crippen LogP contribution >= 0.6 is 0 Å². The Morgan fingerprint density at radius 1 is 1.50 bits per heavy atom. The molecule has 2 heterocycles. The molecule has 1 N–H and O–H groups in total. The average molecular weight is 190 g/mol. The third-order valence-corrected chi connectivity index (χ3v) is 2.10. The summed E-state index contributed by atoms with van der Waals surface area (Å²) in [5.74, 6) is 0.567. The Morgan fingerprint density at radius 2 is 2.29 bits per heavy atom. The highest BCUT2D eigenvalue weighted by molar-refractivity contribution is 6.05. The maximum absolute atomic E-state index is 11.2. The summed E-state index contributed by atoms with van der Waals surface area (Å²) in [7, 11) is 1.56. The number of aromatic nitrogens is 2. The smallest absolute Gasteiger partial charge is 0.214 e. The Morgan fingerprint density at radius 3 is 2.93 bits per heavy atom. The maximum Gasteiger partial charge on any atom is 0.214 e. The second-order valence-electron chi connectivity index (χ2n) is 3.01. The summed E-state index contributed by atoms with van der Waals surface area (Å²) in [6, 6.07) is 3.57. The summed E-state index contributed by atoms with van der Waals surface area (Å²) in [4.78, 5) is 18.3. The van der Waals surface area contributed by atoms with Gasteiger partial charge in [-0.3, -0.25) is 4.79 Å². The van der Waals surface area contributed by atoms with E-state index in [1.807, 2.05) is 6.07 Å². The molecule has 0 aliphatic carbocycles. The van der Waals surface area contributed by atoms with E-state index in [1.54, 1.807) is 19.4 Å². The first-order chi connectivity index (χ1) is 6.72. The van der Waals surface area contributed by atoms with Crippen molar-refractivity contribution < 1.29 is 9.53 Å². The summed E-state index contributed by atoms with van der Waals surface area (Å²) in [6.07, 6.45) is 1.67. The molecule has 72 valence electrons. The van der Waals surface area contributed by atoms with Crippen molar-refractivity contribution in [1.29, 1.82) is 0 Å². The summed E-state index contributed by atoms with van der Waals surface area (Å²) < 4.78 is 4.98. The number of pyridine rings is 1. The molecule has 0 spiro atoms. The van der Waals surface area contributed by atoms with Crippen molar-refractivity contribution in [2.45, 2.75) is 6.92 Å². The molecule has 0 saturated heterocycles. The van der Waals surface area contributed by atoms with Crippen molar-refractivity contribution in [2.75, 3.05) is 7.11 Å². The molecule has 2 rings (SSSR count). The summed E-state index contributed by atoms with van der Waals surface area (Å²) in [6.45, 7) is 1.53. The first-order valence-electron chi connectivity index (χ1n) is 4.25. The van der Waals surface area contributed by atoms with Gasteiger partial charge in [0.05, 0.1) is 7.11 Å². The normalized spacial score (nSPS) is 10.4. The number of fused-ring (bicyclic) bond motifs is 1. The lowest BCUT2D eigenvalue weighted by Gasteiger charge is -1.97. The topological polar surface area (TPSA) is 55.0 Å². The zero-order valence-electron chi connectivity index (χ0n) is 8.00. The van der Waals surface area contributed by atoms with E-state index in [9.17, 15) is 4.79 Å². The van der Waals surface area contributed by atoms with E-state index >= 15 is 0 Å². The molecule has 0 atom stereocenters. The van der Waals surface area contributed by atoms with Crippen molar-refractivity contribution in [3.8, 4) is 5.88 Å². The fourth-order valence-corrected chi connectivity index (χ4v) is 1.39. The molecule has 2 aromatic heterocycles. The number of carbonyl (C=O) groups excluding carboxylic acids is 1. The van der Waals surface area contributed by atoms with Gasteiger partial charge in [-0.05, 0) is 13.0 Å². The van der Waals surface area contributed by atoms with Crippen LogP contribution in [0, 0.1) is 0 Å². The van der Waals surface area contributed by atoms with E-state index in [0.29, 0.717) is 17.1 Å². The second-order valence-corrected chi connectivity index (χ2v) is 3.01. The van der Waals surface area contributed by atoms with Crippen LogP contribution in [0.15, 0.2) is 18.3 Å². The molecule has 0 fully saturated rings. The zero-order chi connectivity index (χ0) is 10.1. The fraction of sp³-hybridized carbons (Fsp3) is 0.200. The number of Topliss-reactive ketones (excluding diaryl/α,β-unsaturated/α-hetero) is 1. The molecule has 0 unspecified atom stereocenters. The van der Waals surface area contributed by atoms with Crippen molar-refractivity contribution in [3.63, 3.8) is 0 Å². The first kappa shape index (κ1) is 8.74. The minimum absolute atomic E-state index is 0.0308. The van der Waals surface area contributed by atoms with Crippen LogP contribution in [0.2, 0.25) is 0 Å². The molecule has 0 saturated carbocycles. The lowest BCUT2D eigenvalue weighted by Crippen LogP contribution is -1.90. The van der Waals surface area contributed by atoms with Crippen LogP contribution in [0.1, 0.15) is 17.3 Å². The molecule has 0 amide bonds. The summed E-state index contributed by atoms with van der Waals surface area (Å²) in [5.41, 5.74) is 1.34. The fourth-order valence-electron chi connectivity index (χ4n) is 1.39. The van der Waals surface area contributed by atoms with Gasteiger partial charge in [0.1, 0.15) is 5.65 Å². The highest BCUT2D eigenvalue weighted by Gasteiger charge is 2.08. The number of nitrogens with zero attached hydrogens (tertiary/aromatic N) is 1. The molecule has 14 heavy (non-hydrogen) atoms. The Kier molecular flexibility index (Phi) is 1.96. The van der Waals surface area contributed by atoms with Crippen molar-refractivity contribution in [3.05, 3.63) is 23.9 Å². The van der Waals surface area contributed by atoms with Crippen LogP contribution in [-0.4, -0.2) is 22.9 Å². The maximum atomic E-state index is 11.2. The molecular weight excluding hydrogens is 180 g/mol. The number of H-pyrrole nitrogens is 1. The number of aromatic amines is 1. The van der Waals surface area contributed by atoms with Crippen LogP contribution in [0.4, 0.5) is 0 Å². The quantitative estimate of drug-likeness (QED) is 0.734. The predicted octanol–water partition coefficient (Wildman–Crippen LogP) is 1.77. The van der Waals surface area contributed by atoms with Gasteiger partial charge >= 0.3 is 0 Å². The van der Waals surface area contributed by atoms with Gasteiger partial charge in [0.15, 0.2) is 5.78 Å². The molecule has 0 aromatic carbocycles. The SMILES string of the molecule is COc1ccc2c(C(C)=O)c[nH]c2n1. The number of hydrogen-bond donors (Lipinski definition) is 1. The van der Waals surface area contributed by atoms with E-state index in [-0.39, 0.29) is 5.78 Å². The van der Waals surface area contributed by atoms with Crippen LogP contribution in [0.25, 0.3) is 11.0 Å². The third kappa shape index (κ3) is 1.25. The number of nitrogens with one attached hydrogen (secondary N) is 1. The van der Waals surface area contributed by atoms with Crippen LogP contribution in [0.5, 0.6) is 5.88 Å². The lowest BCUT2D eigenvalue weighted by molar-refractivity contribution is 0.101. The highest BCUT2D eigenvalue weighted by Crippen LogP contribution is 2.19. The van der Waals surface area contributed by atoms with Crippen molar-refractivity contribution in [2.24, 2.45) is 0 Å². The van der Waals surface area contributed by atoms with Gasteiger partial charge in [-0.1, -0.05) is 0 Å². The first-order valence-corrected chi connectivity index (χ1v) is 4.25. The number of carbonyl (C=O) groups is 1. The number of methoxy groups -OCH3 is 1. The molecule has 0 radical (unpaired) electrons. The second kappa shape index (κ2) is 3.14. The van der Waals surface area contributed by atoms with Gasteiger partial charge in [-0.25, -0.2) is 0 Å². The predicted molar refractivity (Wildman–Crippen MR) is 52.7 cm³/mol. The summed E-state index contributed by atoms with van der Waals surface area (Å²) >= 11 is 0. The van der Waals surface area contributed by atoms with E-state index < -0.39 is 0 Å². The third-order valence-electron chi connectivity index (χ3n) is 2.10. The average Bonchev–Trinajstić information content (AvgIpc) is 2.59. The van der Waals surface area contributed by atoms with Gasteiger partial charge < -0.3 is 9.72 Å². The van der Waals surface area contributed by atoms with Gasteiger partial charge in [0, 0.05) is 23.2 Å².